The summed E-state index contributed by atoms with van der Waals surface area (Å²) >= 11 is 1.67. The quantitative estimate of drug-likeness (QED) is 0.855. The van der Waals surface area contributed by atoms with Gasteiger partial charge in [0.05, 0.1) is 12.2 Å². The number of amides is 1. The lowest BCUT2D eigenvalue weighted by Crippen LogP contribution is -2.33. The summed E-state index contributed by atoms with van der Waals surface area (Å²) < 4.78 is 0. The molecule has 0 unspecified atom stereocenters. The largest absolute Gasteiger partial charge is 0.349 e. The summed E-state index contributed by atoms with van der Waals surface area (Å²) in [5.41, 5.74) is 1.08. The van der Waals surface area contributed by atoms with Gasteiger partial charge in [-0.15, -0.1) is 11.3 Å². The van der Waals surface area contributed by atoms with Gasteiger partial charge in [0, 0.05) is 10.8 Å². The molecule has 4 heteroatoms. The maximum Gasteiger partial charge on any atom is 0.223 e. The highest BCUT2D eigenvalue weighted by molar-refractivity contribution is 7.11. The summed E-state index contributed by atoms with van der Waals surface area (Å²) in [6, 6.07) is 0. The van der Waals surface area contributed by atoms with Gasteiger partial charge in [-0.2, -0.15) is 0 Å². The molecule has 1 N–H and O–H groups in total. The highest BCUT2D eigenvalue weighted by Crippen LogP contribution is 2.26. The molecule has 1 heterocycles. The van der Waals surface area contributed by atoms with Crippen LogP contribution >= 0.6 is 11.3 Å². The van der Waals surface area contributed by atoms with E-state index in [1.807, 2.05) is 6.92 Å². The molecule has 0 aromatic carbocycles. The Bertz CT molecular complexity index is 349. The lowest BCUT2D eigenvalue weighted by atomic mass is 9.85. The predicted molar refractivity (Wildman–Crippen MR) is 60.8 cm³/mol. The maximum absolute atomic E-state index is 11.6. The minimum atomic E-state index is 0.201. The van der Waals surface area contributed by atoms with Crippen molar-refractivity contribution in [2.45, 2.75) is 39.7 Å². The Hall–Kier alpha value is -0.900. The van der Waals surface area contributed by atoms with Crippen LogP contribution in [0.4, 0.5) is 0 Å². The van der Waals surface area contributed by atoms with Gasteiger partial charge in [0.2, 0.25) is 5.91 Å². The number of hydrogen-bond donors (Lipinski definition) is 1. The van der Waals surface area contributed by atoms with Crippen molar-refractivity contribution in [1.82, 2.24) is 10.3 Å². The van der Waals surface area contributed by atoms with Crippen LogP contribution in [0, 0.1) is 19.8 Å². The van der Waals surface area contributed by atoms with Crippen LogP contribution in [0.3, 0.4) is 0 Å². The van der Waals surface area contributed by atoms with E-state index in [0.29, 0.717) is 6.54 Å². The number of hydrogen-bond acceptors (Lipinski definition) is 3. The van der Waals surface area contributed by atoms with E-state index in [-0.39, 0.29) is 11.8 Å². The van der Waals surface area contributed by atoms with Gasteiger partial charge >= 0.3 is 0 Å². The molecule has 1 aliphatic carbocycles. The summed E-state index contributed by atoms with van der Waals surface area (Å²) in [5, 5.41) is 3.96. The van der Waals surface area contributed by atoms with Crippen LogP contribution in [0.15, 0.2) is 0 Å². The number of carbonyl (C=O) groups excluding carboxylic acids is 1. The third kappa shape index (κ3) is 2.37. The van der Waals surface area contributed by atoms with Gasteiger partial charge < -0.3 is 5.32 Å². The monoisotopic (exact) mass is 224 g/mol. The molecule has 0 bridgehead atoms. The summed E-state index contributed by atoms with van der Waals surface area (Å²) in [4.78, 5) is 17.2. The van der Waals surface area contributed by atoms with E-state index in [9.17, 15) is 4.79 Å². The van der Waals surface area contributed by atoms with Gasteiger partial charge in [0.15, 0.2) is 0 Å². The van der Waals surface area contributed by atoms with E-state index >= 15 is 0 Å². The zero-order valence-electron chi connectivity index (χ0n) is 9.17. The third-order valence-corrected chi connectivity index (χ3v) is 4.04. The summed E-state index contributed by atoms with van der Waals surface area (Å²) in [7, 11) is 0. The number of carbonyl (C=O) groups is 1. The first kappa shape index (κ1) is 10.6. The van der Waals surface area contributed by atoms with Crippen molar-refractivity contribution < 1.29 is 4.79 Å². The molecular weight excluding hydrogens is 208 g/mol. The van der Waals surface area contributed by atoms with Crippen molar-refractivity contribution in [2.75, 3.05) is 0 Å². The predicted octanol–water partition coefficient (Wildman–Crippen LogP) is 2.18. The second kappa shape index (κ2) is 4.31. The van der Waals surface area contributed by atoms with Crippen LogP contribution in [-0.2, 0) is 11.3 Å². The second-order valence-corrected chi connectivity index (χ2v) is 5.38. The molecule has 15 heavy (non-hydrogen) atoms. The summed E-state index contributed by atoms with van der Waals surface area (Å²) in [6.07, 6.45) is 3.32. The van der Waals surface area contributed by atoms with Crippen LogP contribution < -0.4 is 5.32 Å². The first-order chi connectivity index (χ1) is 7.16. The number of aryl methyl sites for hydroxylation is 2. The van der Waals surface area contributed by atoms with Crippen molar-refractivity contribution in [3.8, 4) is 0 Å². The number of rotatable bonds is 3. The fraction of sp³-hybridized carbons (Fsp3) is 0.636. The number of thiazole rings is 1. The molecule has 82 valence electrons. The topological polar surface area (TPSA) is 42.0 Å². The SMILES string of the molecule is Cc1nc(CNC(=O)C2CCC2)sc1C. The molecule has 0 radical (unpaired) electrons. The lowest BCUT2D eigenvalue weighted by molar-refractivity contribution is -0.127. The average Bonchev–Trinajstić information content (AvgIpc) is 2.40. The molecule has 1 amide bonds. The van der Waals surface area contributed by atoms with Crippen molar-refractivity contribution >= 4 is 17.2 Å². The zero-order chi connectivity index (χ0) is 10.8. The molecule has 0 saturated heterocycles. The normalized spacial score (nSPS) is 16.1. The van der Waals surface area contributed by atoms with Crippen molar-refractivity contribution in [2.24, 2.45) is 5.92 Å². The molecule has 1 saturated carbocycles. The van der Waals surface area contributed by atoms with Gasteiger partial charge in [0.1, 0.15) is 5.01 Å². The fourth-order valence-corrected chi connectivity index (χ4v) is 2.47. The molecule has 3 nitrogen and oxygen atoms in total. The van der Waals surface area contributed by atoms with Gasteiger partial charge in [-0.3, -0.25) is 4.79 Å². The molecule has 2 rings (SSSR count). The van der Waals surface area contributed by atoms with Crippen LogP contribution in [0.2, 0.25) is 0 Å². The van der Waals surface area contributed by atoms with Crippen molar-refractivity contribution in [1.29, 1.82) is 0 Å². The van der Waals surface area contributed by atoms with E-state index < -0.39 is 0 Å². The molecule has 0 atom stereocenters. The standard InChI is InChI=1S/C11H16N2OS/c1-7-8(2)15-10(13-7)6-12-11(14)9-4-3-5-9/h9H,3-6H2,1-2H3,(H,12,14). The number of nitrogens with zero attached hydrogens (tertiary/aromatic N) is 1. The Labute approximate surface area is 93.9 Å². The Morgan fingerprint density at radius 3 is 2.73 bits per heavy atom. The minimum absolute atomic E-state index is 0.201. The molecule has 0 aliphatic heterocycles. The molecule has 1 fully saturated rings. The van der Waals surface area contributed by atoms with Crippen LogP contribution in [0.5, 0.6) is 0 Å². The fourth-order valence-electron chi connectivity index (χ4n) is 1.59. The van der Waals surface area contributed by atoms with Gasteiger partial charge in [-0.1, -0.05) is 6.42 Å². The van der Waals surface area contributed by atoms with Gasteiger partial charge in [0.25, 0.3) is 0 Å². The molecular formula is C11H16N2OS. The van der Waals surface area contributed by atoms with E-state index in [2.05, 4.69) is 17.2 Å². The van der Waals surface area contributed by atoms with E-state index in [1.165, 1.54) is 11.3 Å². The van der Waals surface area contributed by atoms with E-state index in [1.54, 1.807) is 11.3 Å². The van der Waals surface area contributed by atoms with Gasteiger partial charge in [-0.05, 0) is 26.7 Å². The van der Waals surface area contributed by atoms with Gasteiger partial charge in [-0.25, -0.2) is 4.98 Å². The van der Waals surface area contributed by atoms with Crippen LogP contribution in [0.25, 0.3) is 0 Å². The third-order valence-electron chi connectivity index (χ3n) is 2.96. The van der Waals surface area contributed by atoms with Crippen LogP contribution in [0.1, 0.15) is 34.8 Å². The first-order valence-electron chi connectivity index (χ1n) is 5.37. The molecule has 1 aromatic rings. The Morgan fingerprint density at radius 1 is 1.53 bits per heavy atom. The molecule has 1 aliphatic rings. The van der Waals surface area contributed by atoms with E-state index in [4.69, 9.17) is 0 Å². The lowest BCUT2D eigenvalue weighted by Gasteiger charge is -2.23. The summed E-state index contributed by atoms with van der Waals surface area (Å²) in [6.45, 7) is 4.65. The number of nitrogens with one attached hydrogen (secondary N) is 1. The average molecular weight is 224 g/mol. The van der Waals surface area contributed by atoms with E-state index in [0.717, 1.165) is 23.5 Å². The highest BCUT2D eigenvalue weighted by Gasteiger charge is 2.24. The first-order valence-corrected chi connectivity index (χ1v) is 6.19. The zero-order valence-corrected chi connectivity index (χ0v) is 9.99. The summed E-state index contributed by atoms with van der Waals surface area (Å²) in [5.74, 6) is 0.471. The Kier molecular flexibility index (Phi) is 3.05. The smallest absolute Gasteiger partial charge is 0.223 e. The molecule has 0 spiro atoms. The van der Waals surface area contributed by atoms with Crippen LogP contribution in [-0.4, -0.2) is 10.9 Å². The Balaban J connectivity index is 1.84. The number of aromatic nitrogens is 1. The van der Waals surface area contributed by atoms with Crippen molar-refractivity contribution in [3.63, 3.8) is 0 Å². The highest BCUT2D eigenvalue weighted by atomic mass is 32.1. The Morgan fingerprint density at radius 2 is 2.27 bits per heavy atom. The minimum Gasteiger partial charge on any atom is -0.349 e. The van der Waals surface area contributed by atoms with Crippen molar-refractivity contribution in [3.05, 3.63) is 15.6 Å². The molecule has 1 aromatic heterocycles. The second-order valence-electron chi connectivity index (χ2n) is 4.09. The maximum atomic E-state index is 11.6.